The third-order valence-corrected chi connectivity index (χ3v) is 7.20. The molecule has 0 aromatic heterocycles. The van der Waals surface area contributed by atoms with Crippen LogP contribution in [0.25, 0.3) is 0 Å². The molecule has 0 aliphatic carbocycles. The van der Waals surface area contributed by atoms with Crippen molar-refractivity contribution in [2.45, 2.75) is 45.6 Å². The Labute approximate surface area is 206 Å². The zero-order valence-electron chi connectivity index (χ0n) is 18.7. The van der Waals surface area contributed by atoms with Gasteiger partial charge < -0.3 is 23.8 Å². The Balaban J connectivity index is 1.80. The van der Waals surface area contributed by atoms with E-state index in [9.17, 15) is 23.1 Å². The molecule has 5 nitrogen and oxygen atoms in total. The van der Waals surface area contributed by atoms with Gasteiger partial charge in [0.25, 0.3) is 5.66 Å². The Bertz CT molecular complexity index is 1180. The molecule has 0 spiro atoms. The Hall–Kier alpha value is -2.09. The molecule has 0 atom stereocenters. The van der Waals surface area contributed by atoms with Crippen LogP contribution in [0.5, 0.6) is 11.5 Å². The second-order valence-corrected chi connectivity index (χ2v) is 10.0. The summed E-state index contributed by atoms with van der Waals surface area (Å²) in [6.07, 6.45) is 0.711. The zero-order valence-corrected chi connectivity index (χ0v) is 21.2. The predicted octanol–water partition coefficient (Wildman–Crippen LogP) is 6.05. The molecule has 0 aliphatic heterocycles. The summed E-state index contributed by atoms with van der Waals surface area (Å²) in [7, 11) is -6.19. The van der Waals surface area contributed by atoms with E-state index in [4.69, 9.17) is 9.47 Å². The van der Waals surface area contributed by atoms with E-state index in [0.29, 0.717) is 41.0 Å². The standard InChI is InChI=1S/C25H26BrF2O5P/c1-3-18-14-23(25(27,28)34(29,30)31)24(26)21(4-2)22(18)16-32-15-17-9-8-12-20(13-17)33-19-10-6-5-7-11-19/h5-14H,3-4,15-16H2,1-2H3,(H2,29,30,31)/p-2. The van der Waals surface area contributed by atoms with Gasteiger partial charge >= 0.3 is 0 Å². The van der Waals surface area contributed by atoms with Gasteiger partial charge in [-0.1, -0.05) is 44.2 Å². The van der Waals surface area contributed by atoms with Crippen LogP contribution in [-0.2, 0) is 41.0 Å². The number of ether oxygens (including phenoxy) is 2. The van der Waals surface area contributed by atoms with Crippen LogP contribution in [0, 0.1) is 0 Å². The van der Waals surface area contributed by atoms with Gasteiger partial charge in [0.15, 0.2) is 0 Å². The van der Waals surface area contributed by atoms with Gasteiger partial charge in [-0.05, 0) is 81.4 Å². The lowest BCUT2D eigenvalue weighted by molar-refractivity contribution is -0.335. The van der Waals surface area contributed by atoms with Crippen LogP contribution in [0.2, 0.25) is 0 Å². The Morgan fingerprint density at radius 2 is 1.59 bits per heavy atom. The summed E-state index contributed by atoms with van der Waals surface area (Å²) < 4.78 is 51.7. The monoisotopic (exact) mass is 552 g/mol. The molecule has 0 fully saturated rings. The summed E-state index contributed by atoms with van der Waals surface area (Å²) in [6.45, 7) is 3.92. The maximum absolute atomic E-state index is 14.4. The summed E-state index contributed by atoms with van der Waals surface area (Å²) in [5.41, 5.74) is -2.79. The molecule has 0 saturated carbocycles. The van der Waals surface area contributed by atoms with E-state index in [-0.39, 0.29) is 17.7 Å². The molecule has 3 aromatic carbocycles. The minimum absolute atomic E-state index is 0.0824. The van der Waals surface area contributed by atoms with Gasteiger partial charge in [0.1, 0.15) is 11.5 Å². The molecule has 0 unspecified atom stereocenters. The lowest BCUT2D eigenvalue weighted by Crippen LogP contribution is -2.30. The van der Waals surface area contributed by atoms with Crippen LogP contribution in [0.1, 0.15) is 41.7 Å². The summed E-state index contributed by atoms with van der Waals surface area (Å²) >= 11 is 3.11. The van der Waals surface area contributed by atoms with Crippen molar-refractivity contribution >= 4 is 23.5 Å². The quantitative estimate of drug-likeness (QED) is 0.286. The first kappa shape index (κ1) is 26.5. The molecule has 0 saturated heterocycles. The molecule has 0 amide bonds. The normalized spacial score (nSPS) is 12.1. The van der Waals surface area contributed by atoms with E-state index in [1.807, 2.05) is 54.6 Å². The maximum atomic E-state index is 14.4. The van der Waals surface area contributed by atoms with Crippen molar-refractivity contribution in [3.05, 3.63) is 93.0 Å². The van der Waals surface area contributed by atoms with Crippen molar-refractivity contribution in [3.8, 4) is 11.5 Å². The number of aryl methyl sites for hydroxylation is 1. The van der Waals surface area contributed by atoms with Crippen molar-refractivity contribution in [1.29, 1.82) is 0 Å². The van der Waals surface area contributed by atoms with Gasteiger partial charge in [0.05, 0.1) is 13.2 Å². The topological polar surface area (TPSA) is 81.7 Å². The zero-order chi connectivity index (χ0) is 24.9. The molecule has 0 radical (unpaired) electrons. The Morgan fingerprint density at radius 3 is 2.21 bits per heavy atom. The highest BCUT2D eigenvalue weighted by Gasteiger charge is 2.39. The van der Waals surface area contributed by atoms with Gasteiger partial charge in [0.2, 0.25) is 0 Å². The molecule has 0 aliphatic rings. The molecule has 0 heterocycles. The molecule has 0 N–H and O–H groups in total. The molecule has 34 heavy (non-hydrogen) atoms. The van der Waals surface area contributed by atoms with E-state index in [1.165, 1.54) is 0 Å². The number of halogens is 3. The van der Waals surface area contributed by atoms with Gasteiger partial charge in [-0.15, -0.1) is 0 Å². The van der Waals surface area contributed by atoms with Gasteiger partial charge in [-0.2, -0.15) is 8.78 Å². The van der Waals surface area contributed by atoms with E-state index in [0.717, 1.165) is 11.6 Å². The third kappa shape index (κ3) is 5.93. The minimum atomic E-state index is -6.19. The number of para-hydroxylation sites is 1. The summed E-state index contributed by atoms with van der Waals surface area (Å²) in [4.78, 5) is 22.5. The van der Waals surface area contributed by atoms with Crippen molar-refractivity contribution in [2.24, 2.45) is 0 Å². The predicted molar refractivity (Wildman–Crippen MR) is 126 cm³/mol. The van der Waals surface area contributed by atoms with Gasteiger partial charge in [-0.25, -0.2) is 0 Å². The number of hydrogen-bond acceptors (Lipinski definition) is 5. The average Bonchev–Trinajstić information content (AvgIpc) is 2.79. The smallest absolute Gasteiger partial charge is 0.297 e. The van der Waals surface area contributed by atoms with E-state index in [1.54, 1.807) is 13.8 Å². The molecule has 182 valence electrons. The maximum Gasteiger partial charge on any atom is 0.297 e. The SMILES string of the molecule is CCc1cc(C(F)(F)P(=O)([O-])[O-])c(Br)c(CC)c1COCc1cccc(Oc2ccccc2)c1. The van der Waals surface area contributed by atoms with Crippen molar-refractivity contribution < 1.29 is 32.6 Å². The highest BCUT2D eigenvalue weighted by molar-refractivity contribution is 9.10. The molecule has 3 aromatic rings. The number of benzene rings is 3. The molecular formula is C25H24BrF2O5P-2. The number of alkyl halides is 2. The lowest BCUT2D eigenvalue weighted by Gasteiger charge is -2.38. The summed E-state index contributed by atoms with van der Waals surface area (Å²) in [6, 6.07) is 17.9. The first-order valence-electron chi connectivity index (χ1n) is 10.7. The van der Waals surface area contributed by atoms with E-state index in [2.05, 4.69) is 15.9 Å². The molecule has 3 rings (SSSR count). The first-order chi connectivity index (χ1) is 16.1. The van der Waals surface area contributed by atoms with Crippen molar-refractivity contribution in [1.82, 2.24) is 0 Å². The van der Waals surface area contributed by atoms with Crippen LogP contribution in [-0.4, -0.2) is 0 Å². The van der Waals surface area contributed by atoms with Crippen LogP contribution in [0.15, 0.2) is 65.1 Å². The van der Waals surface area contributed by atoms with Gasteiger partial charge in [0, 0.05) is 17.6 Å². The highest BCUT2D eigenvalue weighted by Crippen LogP contribution is 2.55. The van der Waals surface area contributed by atoms with Crippen molar-refractivity contribution in [3.63, 3.8) is 0 Å². The lowest BCUT2D eigenvalue weighted by atomic mass is 9.95. The van der Waals surface area contributed by atoms with E-state index >= 15 is 0 Å². The van der Waals surface area contributed by atoms with Crippen LogP contribution >= 0.6 is 23.5 Å². The largest absolute Gasteiger partial charge is 0.806 e. The van der Waals surface area contributed by atoms with Crippen LogP contribution in [0.4, 0.5) is 8.78 Å². The summed E-state index contributed by atoms with van der Waals surface area (Å²) in [5, 5.41) is 0. The van der Waals surface area contributed by atoms with E-state index < -0.39 is 18.8 Å². The highest BCUT2D eigenvalue weighted by atomic mass is 79.9. The van der Waals surface area contributed by atoms with Crippen LogP contribution < -0.4 is 14.5 Å². The Kier molecular flexibility index (Phi) is 8.66. The number of rotatable bonds is 10. The first-order valence-corrected chi connectivity index (χ1v) is 13.0. The van der Waals surface area contributed by atoms with Crippen molar-refractivity contribution in [2.75, 3.05) is 0 Å². The second-order valence-electron chi connectivity index (χ2n) is 7.66. The fourth-order valence-electron chi connectivity index (χ4n) is 3.64. The fourth-order valence-corrected chi connectivity index (χ4v) is 5.15. The molecule has 9 heteroatoms. The number of hydrogen-bond donors (Lipinski definition) is 0. The third-order valence-electron chi connectivity index (χ3n) is 5.37. The average molecular weight is 553 g/mol. The molecule has 0 bridgehead atoms. The van der Waals surface area contributed by atoms with Gasteiger partial charge in [-0.3, -0.25) is 0 Å². The van der Waals surface area contributed by atoms with Crippen LogP contribution in [0.3, 0.4) is 0 Å². The minimum Gasteiger partial charge on any atom is -0.806 e. The Morgan fingerprint density at radius 1 is 0.912 bits per heavy atom. The fraction of sp³-hybridized carbons (Fsp3) is 0.280. The summed E-state index contributed by atoms with van der Waals surface area (Å²) in [5.74, 6) is 1.37. The molecular weight excluding hydrogens is 529 g/mol. The second kappa shape index (κ2) is 11.1.